The first-order valence-corrected chi connectivity index (χ1v) is 11.1. The fourth-order valence-electron chi connectivity index (χ4n) is 2.93. The van der Waals surface area contributed by atoms with Crippen LogP contribution in [0.1, 0.15) is 37.0 Å². The third kappa shape index (κ3) is 6.88. The Morgan fingerprint density at radius 2 is 1.75 bits per heavy atom. The Morgan fingerprint density at radius 3 is 2.33 bits per heavy atom. The summed E-state index contributed by atoms with van der Waals surface area (Å²) in [6, 6.07) is 7.65. The second-order valence-electron chi connectivity index (χ2n) is 8.74. The topological polar surface area (TPSA) is 106 Å². The van der Waals surface area contributed by atoms with Gasteiger partial charge < -0.3 is 19.3 Å². The predicted molar refractivity (Wildman–Crippen MR) is 124 cm³/mol. The lowest BCUT2D eigenvalue weighted by Gasteiger charge is -2.25. The second kappa shape index (κ2) is 10.4. The average Bonchev–Trinajstić information content (AvgIpc) is 3.25. The first-order chi connectivity index (χ1) is 16.6. The van der Waals surface area contributed by atoms with Crippen LogP contribution in [0.5, 0.6) is 11.5 Å². The van der Waals surface area contributed by atoms with Gasteiger partial charge in [-0.25, -0.2) is 0 Å². The molecule has 3 aromatic rings. The molecule has 0 saturated heterocycles. The summed E-state index contributed by atoms with van der Waals surface area (Å²) in [5.74, 6) is -2.50. The van der Waals surface area contributed by atoms with Crippen molar-refractivity contribution in [3.8, 4) is 22.9 Å². The lowest BCUT2D eigenvalue weighted by Crippen LogP contribution is -2.39. The molecule has 2 aromatic carbocycles. The quantitative estimate of drug-likeness (QED) is 0.393. The van der Waals surface area contributed by atoms with E-state index in [1.807, 2.05) is 0 Å². The minimum absolute atomic E-state index is 0.0650. The van der Waals surface area contributed by atoms with Gasteiger partial charge in [0.25, 0.3) is 0 Å². The molecule has 0 unspecified atom stereocenters. The number of aromatic nitrogens is 2. The first-order valence-electron chi connectivity index (χ1n) is 10.3. The fraction of sp³-hybridized carbons (Fsp3) is 0.304. The van der Waals surface area contributed by atoms with Crippen LogP contribution in [0, 0.1) is 5.41 Å². The molecule has 3 rings (SSSR count). The predicted octanol–water partition coefficient (Wildman–Crippen LogP) is 5.91. The van der Waals surface area contributed by atoms with Gasteiger partial charge in [-0.15, -0.1) is 13.2 Å². The summed E-state index contributed by atoms with van der Waals surface area (Å²) < 4.78 is 46.9. The van der Waals surface area contributed by atoms with Crippen molar-refractivity contribution < 1.29 is 37.1 Å². The summed E-state index contributed by atoms with van der Waals surface area (Å²) in [4.78, 5) is 31.0. The van der Waals surface area contributed by atoms with Crippen molar-refractivity contribution in [2.24, 2.45) is 5.41 Å². The van der Waals surface area contributed by atoms with Gasteiger partial charge in [-0.3, -0.25) is 9.59 Å². The van der Waals surface area contributed by atoms with Gasteiger partial charge in [-0.05, 0) is 29.8 Å². The molecule has 1 aromatic heterocycles. The summed E-state index contributed by atoms with van der Waals surface area (Å²) in [6.07, 6.45) is -4.89. The Morgan fingerprint density at radius 1 is 1.11 bits per heavy atom. The number of alkyl halides is 3. The van der Waals surface area contributed by atoms with Crippen LogP contribution in [-0.2, 0) is 11.3 Å². The number of phenols is 1. The van der Waals surface area contributed by atoms with Gasteiger partial charge in [0.2, 0.25) is 5.82 Å². The van der Waals surface area contributed by atoms with E-state index in [0.717, 1.165) is 17.0 Å². The number of carbonyl (C=O) groups excluding carboxylic acids is 2. The van der Waals surface area contributed by atoms with Crippen molar-refractivity contribution in [2.45, 2.75) is 33.7 Å². The zero-order valence-corrected chi connectivity index (χ0v) is 20.7. The van der Waals surface area contributed by atoms with Crippen LogP contribution >= 0.6 is 23.2 Å². The minimum atomic E-state index is -4.89. The Kier molecular flexibility index (Phi) is 7.85. The summed E-state index contributed by atoms with van der Waals surface area (Å²) >= 11 is 11.8. The number of nitrogens with zero attached hydrogens (tertiary/aromatic N) is 3. The largest absolute Gasteiger partial charge is 0.573 e. The molecule has 0 saturated carbocycles. The smallest absolute Gasteiger partial charge is 0.505 e. The number of ketones is 1. The van der Waals surface area contributed by atoms with Crippen LogP contribution in [0.2, 0.25) is 10.0 Å². The van der Waals surface area contributed by atoms with Crippen LogP contribution in [0.25, 0.3) is 11.4 Å². The number of ether oxygens (including phenoxy) is 1. The average molecular weight is 546 g/mol. The zero-order chi connectivity index (χ0) is 26.8. The van der Waals surface area contributed by atoms with Gasteiger partial charge in [0.1, 0.15) is 5.75 Å². The number of amides is 1. The number of rotatable bonds is 7. The van der Waals surface area contributed by atoms with Gasteiger partial charge >= 0.3 is 18.2 Å². The fourth-order valence-corrected chi connectivity index (χ4v) is 3.42. The van der Waals surface area contributed by atoms with Crippen LogP contribution in [0.3, 0.4) is 0 Å². The van der Waals surface area contributed by atoms with Crippen LogP contribution < -0.4 is 4.74 Å². The SMILES string of the molecule is CC(C)(C)C(=O)CN(Cc1cccc(OC(F)(F)F)c1)C(=O)c1nc(-c2cc(Cl)c(O)c(Cl)c2)no1. The van der Waals surface area contributed by atoms with Crippen molar-refractivity contribution in [3.05, 3.63) is 57.9 Å². The molecule has 0 radical (unpaired) electrons. The highest BCUT2D eigenvalue weighted by atomic mass is 35.5. The van der Waals surface area contributed by atoms with E-state index in [1.165, 1.54) is 24.3 Å². The number of hydrogen-bond acceptors (Lipinski definition) is 7. The van der Waals surface area contributed by atoms with Crippen LogP contribution in [0.4, 0.5) is 13.2 Å². The molecular formula is C23H20Cl2F3N3O5. The highest BCUT2D eigenvalue weighted by Gasteiger charge is 2.32. The third-order valence-corrected chi connectivity index (χ3v) is 5.42. The van der Waals surface area contributed by atoms with E-state index < -0.39 is 29.3 Å². The number of Topliss-reactive ketones (excluding diaryl/α,β-unsaturated/α-hetero) is 1. The molecule has 8 nitrogen and oxygen atoms in total. The molecule has 0 atom stereocenters. The van der Waals surface area contributed by atoms with E-state index in [9.17, 15) is 27.9 Å². The highest BCUT2D eigenvalue weighted by molar-refractivity contribution is 6.37. The lowest BCUT2D eigenvalue weighted by molar-refractivity contribution is -0.274. The molecule has 0 aliphatic carbocycles. The molecule has 0 bridgehead atoms. The van der Waals surface area contributed by atoms with Crippen molar-refractivity contribution in [1.82, 2.24) is 15.0 Å². The molecule has 13 heteroatoms. The molecule has 192 valence electrons. The number of phenolic OH excluding ortho intramolecular Hbond substituents is 1. The molecule has 0 aliphatic heterocycles. The number of carbonyl (C=O) groups is 2. The maximum Gasteiger partial charge on any atom is 0.573 e. The Balaban J connectivity index is 1.91. The number of halogens is 5. The Bertz CT molecular complexity index is 1270. The Labute approximate surface area is 213 Å². The monoisotopic (exact) mass is 545 g/mol. The summed E-state index contributed by atoms with van der Waals surface area (Å²) in [7, 11) is 0. The molecule has 0 spiro atoms. The second-order valence-corrected chi connectivity index (χ2v) is 9.56. The van der Waals surface area contributed by atoms with Gasteiger partial charge in [0, 0.05) is 17.5 Å². The van der Waals surface area contributed by atoms with Crippen LogP contribution in [0.15, 0.2) is 40.9 Å². The van der Waals surface area contributed by atoms with Gasteiger partial charge in [0.05, 0.1) is 16.6 Å². The summed E-state index contributed by atoms with van der Waals surface area (Å²) in [5, 5.41) is 13.3. The summed E-state index contributed by atoms with van der Waals surface area (Å²) in [5.41, 5.74) is -0.289. The molecule has 1 amide bonds. The van der Waals surface area contributed by atoms with Gasteiger partial charge in [0.15, 0.2) is 11.5 Å². The zero-order valence-electron chi connectivity index (χ0n) is 19.2. The first kappa shape index (κ1) is 27.3. The van der Waals surface area contributed by atoms with Crippen molar-refractivity contribution in [2.75, 3.05) is 6.54 Å². The van der Waals surface area contributed by atoms with E-state index in [0.29, 0.717) is 0 Å². The van der Waals surface area contributed by atoms with Crippen molar-refractivity contribution in [3.63, 3.8) is 0 Å². The molecule has 1 heterocycles. The summed E-state index contributed by atoms with van der Waals surface area (Å²) in [6.45, 7) is 4.38. The number of benzene rings is 2. The maximum absolute atomic E-state index is 13.2. The minimum Gasteiger partial charge on any atom is -0.505 e. The van der Waals surface area contributed by atoms with Crippen molar-refractivity contribution in [1.29, 1.82) is 0 Å². The number of aromatic hydroxyl groups is 1. The maximum atomic E-state index is 13.2. The van der Waals surface area contributed by atoms with Crippen LogP contribution in [-0.4, -0.2) is 44.7 Å². The van der Waals surface area contributed by atoms with E-state index in [2.05, 4.69) is 14.9 Å². The normalized spacial score (nSPS) is 11.9. The number of hydrogen-bond donors (Lipinski definition) is 1. The van der Waals surface area contributed by atoms with E-state index in [1.54, 1.807) is 20.8 Å². The molecule has 0 aliphatic rings. The molecular weight excluding hydrogens is 526 g/mol. The van der Waals surface area contributed by atoms with E-state index in [4.69, 9.17) is 27.7 Å². The van der Waals surface area contributed by atoms with Crippen molar-refractivity contribution >= 4 is 34.9 Å². The Hall–Kier alpha value is -3.31. The lowest BCUT2D eigenvalue weighted by atomic mass is 9.90. The standard InChI is InChI=1S/C23H20Cl2F3N3O5/c1-22(2,3)17(32)11-31(10-12-5-4-6-14(7-12)35-23(26,27)28)21(34)20-29-19(30-36-20)13-8-15(24)18(33)16(25)9-13/h4-9,33H,10-11H2,1-3H3. The van der Waals surface area contributed by atoms with E-state index in [-0.39, 0.29) is 51.6 Å². The van der Waals surface area contributed by atoms with Gasteiger partial charge in [-0.1, -0.05) is 61.3 Å². The molecule has 36 heavy (non-hydrogen) atoms. The molecule has 0 fully saturated rings. The molecule has 1 N–H and O–H groups in total. The third-order valence-electron chi connectivity index (χ3n) is 4.85. The van der Waals surface area contributed by atoms with E-state index >= 15 is 0 Å². The highest BCUT2D eigenvalue weighted by Crippen LogP contribution is 2.35. The van der Waals surface area contributed by atoms with Gasteiger partial charge in [-0.2, -0.15) is 4.98 Å².